The van der Waals surface area contributed by atoms with Crippen molar-refractivity contribution in [1.82, 2.24) is 9.97 Å². The summed E-state index contributed by atoms with van der Waals surface area (Å²) in [6, 6.07) is 1.51. The number of ether oxygens (including phenoxy) is 1. The van der Waals surface area contributed by atoms with E-state index < -0.39 is 12.7 Å². The molecule has 0 aliphatic carbocycles. The Bertz CT molecular complexity index is 376. The van der Waals surface area contributed by atoms with Crippen molar-refractivity contribution in [3.05, 3.63) is 12.3 Å². The molecular formula is C10H13BrF3N3O. The molecule has 1 aromatic heterocycles. The second kappa shape index (κ2) is 6.77. The molecule has 1 rings (SSSR count). The van der Waals surface area contributed by atoms with Gasteiger partial charge in [0.2, 0.25) is 11.8 Å². The number of rotatable bonds is 6. The van der Waals surface area contributed by atoms with Gasteiger partial charge in [-0.15, -0.1) is 0 Å². The van der Waals surface area contributed by atoms with Crippen molar-refractivity contribution in [2.45, 2.75) is 13.1 Å². The average molecular weight is 328 g/mol. The van der Waals surface area contributed by atoms with Gasteiger partial charge in [-0.05, 0) is 6.92 Å². The van der Waals surface area contributed by atoms with E-state index in [0.29, 0.717) is 11.9 Å². The van der Waals surface area contributed by atoms with Gasteiger partial charge in [0, 0.05) is 24.1 Å². The van der Waals surface area contributed by atoms with Gasteiger partial charge in [-0.1, -0.05) is 15.9 Å². The molecule has 0 unspecified atom stereocenters. The molecule has 0 radical (unpaired) electrons. The van der Waals surface area contributed by atoms with Gasteiger partial charge in [-0.25, -0.2) is 4.98 Å². The summed E-state index contributed by atoms with van der Waals surface area (Å²) in [5.74, 6) is 0.280. The Hall–Kier alpha value is -1.05. The summed E-state index contributed by atoms with van der Waals surface area (Å²) in [6.07, 6.45) is -2.92. The molecule has 0 aliphatic rings. The first-order valence-corrected chi connectivity index (χ1v) is 6.42. The van der Waals surface area contributed by atoms with Gasteiger partial charge >= 0.3 is 6.18 Å². The predicted octanol–water partition coefficient (Wildman–Crippen LogP) is 2.64. The number of hydrogen-bond donors (Lipinski definition) is 0. The maximum Gasteiger partial charge on any atom is 0.406 e. The number of anilines is 1. The molecule has 18 heavy (non-hydrogen) atoms. The molecule has 0 saturated heterocycles. The van der Waals surface area contributed by atoms with Crippen LogP contribution in [0.25, 0.3) is 0 Å². The van der Waals surface area contributed by atoms with Crippen LogP contribution in [0.2, 0.25) is 0 Å². The molecule has 4 nitrogen and oxygen atoms in total. The van der Waals surface area contributed by atoms with E-state index >= 15 is 0 Å². The van der Waals surface area contributed by atoms with E-state index in [1.165, 1.54) is 12.3 Å². The van der Waals surface area contributed by atoms with Gasteiger partial charge in [0.25, 0.3) is 0 Å². The Labute approximate surface area is 111 Å². The van der Waals surface area contributed by atoms with E-state index in [1.807, 2.05) is 0 Å². The Morgan fingerprint density at radius 2 is 2.17 bits per heavy atom. The predicted molar refractivity (Wildman–Crippen MR) is 65.3 cm³/mol. The van der Waals surface area contributed by atoms with Crippen LogP contribution in [0.15, 0.2) is 12.3 Å². The summed E-state index contributed by atoms with van der Waals surface area (Å²) in [6.45, 7) is 1.24. The molecule has 1 heterocycles. The third kappa shape index (κ3) is 5.07. The average Bonchev–Trinajstić information content (AvgIpc) is 2.28. The van der Waals surface area contributed by atoms with Gasteiger partial charge < -0.3 is 9.64 Å². The SMILES string of the molecule is CCOc1ccnc(N(CCBr)CC(F)(F)F)n1. The zero-order chi connectivity index (χ0) is 13.6. The van der Waals surface area contributed by atoms with Gasteiger partial charge in [0.1, 0.15) is 6.54 Å². The van der Waals surface area contributed by atoms with Gasteiger partial charge in [-0.3, -0.25) is 0 Å². The minimum atomic E-state index is -4.30. The third-order valence-electron chi connectivity index (χ3n) is 1.92. The van der Waals surface area contributed by atoms with Crippen molar-refractivity contribution in [3.63, 3.8) is 0 Å². The van der Waals surface area contributed by atoms with Crippen molar-refractivity contribution in [2.75, 3.05) is 29.9 Å². The lowest BCUT2D eigenvalue weighted by Crippen LogP contribution is -2.36. The van der Waals surface area contributed by atoms with E-state index in [9.17, 15) is 13.2 Å². The highest BCUT2D eigenvalue weighted by Crippen LogP contribution is 2.20. The van der Waals surface area contributed by atoms with Crippen LogP contribution < -0.4 is 9.64 Å². The Balaban J connectivity index is 2.87. The van der Waals surface area contributed by atoms with Crippen molar-refractivity contribution in [2.24, 2.45) is 0 Å². The molecule has 0 atom stereocenters. The maximum absolute atomic E-state index is 12.4. The summed E-state index contributed by atoms with van der Waals surface area (Å²) in [5.41, 5.74) is 0. The van der Waals surface area contributed by atoms with Gasteiger partial charge in [-0.2, -0.15) is 18.2 Å². The Morgan fingerprint density at radius 1 is 1.44 bits per heavy atom. The van der Waals surface area contributed by atoms with Crippen molar-refractivity contribution >= 4 is 21.9 Å². The zero-order valence-electron chi connectivity index (χ0n) is 9.74. The maximum atomic E-state index is 12.4. The van der Waals surface area contributed by atoms with Gasteiger partial charge in [0.15, 0.2) is 0 Å². The fraction of sp³-hybridized carbons (Fsp3) is 0.600. The number of aromatic nitrogens is 2. The van der Waals surface area contributed by atoms with E-state index in [0.717, 1.165) is 4.90 Å². The molecule has 8 heteroatoms. The van der Waals surface area contributed by atoms with Crippen molar-refractivity contribution in [3.8, 4) is 5.88 Å². The topological polar surface area (TPSA) is 38.2 Å². The minimum absolute atomic E-state index is 0.0118. The molecule has 0 aliphatic heterocycles. The number of nitrogens with zero attached hydrogens (tertiary/aromatic N) is 3. The molecule has 0 saturated carbocycles. The van der Waals surface area contributed by atoms with Crippen molar-refractivity contribution < 1.29 is 17.9 Å². The molecule has 0 bridgehead atoms. The summed E-state index contributed by atoms with van der Waals surface area (Å²) < 4.78 is 42.4. The van der Waals surface area contributed by atoms with E-state index in [2.05, 4.69) is 25.9 Å². The Morgan fingerprint density at radius 3 is 2.72 bits per heavy atom. The molecule has 0 N–H and O–H groups in total. The number of hydrogen-bond acceptors (Lipinski definition) is 4. The van der Waals surface area contributed by atoms with Crippen molar-refractivity contribution in [1.29, 1.82) is 0 Å². The summed E-state index contributed by atoms with van der Waals surface area (Å²) in [4.78, 5) is 8.83. The first-order valence-electron chi connectivity index (χ1n) is 5.29. The van der Waals surface area contributed by atoms with E-state index in [4.69, 9.17) is 4.74 Å². The second-order valence-electron chi connectivity index (χ2n) is 3.35. The lowest BCUT2D eigenvalue weighted by atomic mass is 10.5. The second-order valence-corrected chi connectivity index (χ2v) is 4.15. The number of alkyl halides is 4. The molecular weight excluding hydrogens is 315 g/mol. The standard InChI is InChI=1S/C10H13BrF3N3O/c1-2-18-8-3-5-15-9(16-8)17(6-4-11)7-10(12,13)14/h3,5H,2,4,6-7H2,1H3. The molecule has 0 spiro atoms. The highest BCUT2D eigenvalue weighted by atomic mass is 79.9. The van der Waals surface area contributed by atoms with Crippen LogP contribution >= 0.6 is 15.9 Å². The largest absolute Gasteiger partial charge is 0.478 e. The lowest BCUT2D eigenvalue weighted by Gasteiger charge is -2.23. The highest BCUT2D eigenvalue weighted by molar-refractivity contribution is 9.09. The fourth-order valence-corrected chi connectivity index (χ4v) is 1.71. The quantitative estimate of drug-likeness (QED) is 0.753. The lowest BCUT2D eigenvalue weighted by molar-refractivity contribution is -0.119. The van der Waals surface area contributed by atoms with Crippen LogP contribution in [0, 0.1) is 0 Å². The fourth-order valence-electron chi connectivity index (χ4n) is 1.28. The third-order valence-corrected chi connectivity index (χ3v) is 2.27. The van der Waals surface area contributed by atoms with E-state index in [1.54, 1.807) is 6.92 Å². The van der Waals surface area contributed by atoms with Gasteiger partial charge in [0.05, 0.1) is 6.61 Å². The summed E-state index contributed by atoms with van der Waals surface area (Å²) >= 11 is 3.11. The molecule has 0 amide bonds. The molecule has 0 aromatic carbocycles. The highest BCUT2D eigenvalue weighted by Gasteiger charge is 2.31. The number of halogens is 4. The first kappa shape index (κ1) is 15.0. The molecule has 1 aromatic rings. The zero-order valence-corrected chi connectivity index (χ0v) is 11.3. The smallest absolute Gasteiger partial charge is 0.406 e. The molecule has 102 valence electrons. The van der Waals surface area contributed by atoms with Crippen LogP contribution in [-0.4, -0.2) is 41.2 Å². The minimum Gasteiger partial charge on any atom is -0.478 e. The van der Waals surface area contributed by atoms with E-state index in [-0.39, 0.29) is 18.4 Å². The first-order chi connectivity index (χ1) is 8.46. The normalized spacial score (nSPS) is 11.4. The Kier molecular flexibility index (Phi) is 5.64. The van der Waals surface area contributed by atoms with Crippen LogP contribution in [-0.2, 0) is 0 Å². The van der Waals surface area contributed by atoms with Crippen LogP contribution in [0.5, 0.6) is 5.88 Å². The summed E-state index contributed by atoms with van der Waals surface area (Å²) in [5, 5.41) is 0.394. The summed E-state index contributed by atoms with van der Waals surface area (Å²) in [7, 11) is 0. The van der Waals surface area contributed by atoms with Crippen LogP contribution in [0.1, 0.15) is 6.92 Å². The van der Waals surface area contributed by atoms with Crippen LogP contribution in [0.4, 0.5) is 19.1 Å². The monoisotopic (exact) mass is 327 g/mol. The van der Waals surface area contributed by atoms with Crippen LogP contribution in [0.3, 0.4) is 0 Å². The molecule has 0 fully saturated rings.